The molecular weight excluding hydrogens is 274 g/mol. The van der Waals surface area contributed by atoms with Crippen LogP contribution < -0.4 is 11.1 Å². The molecule has 1 heterocycles. The highest BCUT2D eigenvalue weighted by atomic mass is 16.5. The maximum Gasteiger partial charge on any atom is 0.339 e. The summed E-state index contributed by atoms with van der Waals surface area (Å²) in [5.74, 6) is -0.752. The number of aromatic nitrogens is 1. The van der Waals surface area contributed by atoms with Gasteiger partial charge in [0.2, 0.25) is 0 Å². The molecule has 108 valence electrons. The maximum absolute atomic E-state index is 12.0. The Morgan fingerprint density at radius 1 is 1.24 bits per heavy atom. The number of nitrogens with zero attached hydrogens (tertiary/aromatic N) is 1. The van der Waals surface area contributed by atoms with Crippen LogP contribution in [0.2, 0.25) is 0 Å². The summed E-state index contributed by atoms with van der Waals surface area (Å²) in [4.78, 5) is 27.2. The fourth-order valence-electron chi connectivity index (χ4n) is 1.59. The molecular formula is C14H13N3O4. The lowest BCUT2D eigenvalue weighted by Crippen LogP contribution is -2.13. The number of hydrogen-bond acceptors (Lipinski definition) is 6. The first-order valence-electron chi connectivity index (χ1n) is 5.95. The Balaban J connectivity index is 2.12. The molecule has 0 bridgehead atoms. The molecule has 2 rings (SSSR count). The van der Waals surface area contributed by atoms with Crippen LogP contribution in [0.4, 0.5) is 11.5 Å². The second-order valence-corrected chi connectivity index (χ2v) is 4.15. The smallest absolute Gasteiger partial charge is 0.339 e. The number of nitrogen functional groups attached to an aromatic ring is 1. The van der Waals surface area contributed by atoms with Gasteiger partial charge in [-0.25, -0.2) is 9.78 Å². The summed E-state index contributed by atoms with van der Waals surface area (Å²) in [6.45, 7) is 0. The van der Waals surface area contributed by atoms with Crippen molar-refractivity contribution in [3.63, 3.8) is 0 Å². The summed E-state index contributed by atoms with van der Waals surface area (Å²) in [5, 5.41) is 11.9. The standard InChI is InChI=1S/C14H13N3O4/c1-21-14(20)9-3-5-12(16-7-9)17-13(19)8-2-4-11(18)10(15)6-8/h2-7,18H,15H2,1H3,(H,16,17,19). The summed E-state index contributed by atoms with van der Waals surface area (Å²) in [5.41, 5.74) is 6.19. The predicted molar refractivity (Wildman–Crippen MR) is 76.0 cm³/mol. The number of nitrogens with two attached hydrogens (primary N) is 1. The lowest BCUT2D eigenvalue weighted by molar-refractivity contribution is 0.0600. The fourth-order valence-corrected chi connectivity index (χ4v) is 1.59. The number of ether oxygens (including phenoxy) is 1. The summed E-state index contributed by atoms with van der Waals surface area (Å²) >= 11 is 0. The highest BCUT2D eigenvalue weighted by Gasteiger charge is 2.10. The van der Waals surface area contributed by atoms with Crippen molar-refractivity contribution < 1.29 is 19.4 Å². The van der Waals surface area contributed by atoms with Crippen LogP contribution in [-0.4, -0.2) is 29.1 Å². The van der Waals surface area contributed by atoms with E-state index in [-0.39, 0.29) is 28.4 Å². The van der Waals surface area contributed by atoms with E-state index in [1.807, 2.05) is 0 Å². The molecule has 0 saturated heterocycles. The molecule has 21 heavy (non-hydrogen) atoms. The normalized spacial score (nSPS) is 9.95. The van der Waals surface area contributed by atoms with E-state index in [1.54, 1.807) is 0 Å². The molecule has 0 saturated carbocycles. The van der Waals surface area contributed by atoms with Gasteiger partial charge in [-0.3, -0.25) is 4.79 Å². The Morgan fingerprint density at radius 3 is 2.52 bits per heavy atom. The number of aromatic hydroxyl groups is 1. The SMILES string of the molecule is COC(=O)c1ccc(NC(=O)c2ccc(O)c(N)c2)nc1. The molecule has 0 spiro atoms. The number of benzene rings is 1. The molecule has 7 heteroatoms. The molecule has 7 nitrogen and oxygen atoms in total. The van der Waals surface area contributed by atoms with Crippen molar-refractivity contribution in [3.05, 3.63) is 47.7 Å². The Hall–Kier alpha value is -3.09. The Morgan fingerprint density at radius 2 is 1.95 bits per heavy atom. The molecule has 0 aliphatic heterocycles. The van der Waals surface area contributed by atoms with Crippen molar-refractivity contribution in [2.24, 2.45) is 0 Å². The van der Waals surface area contributed by atoms with Crippen LogP contribution in [0.3, 0.4) is 0 Å². The minimum Gasteiger partial charge on any atom is -0.506 e. The topological polar surface area (TPSA) is 115 Å². The number of rotatable bonds is 3. The number of carbonyl (C=O) groups excluding carboxylic acids is 2. The Bertz CT molecular complexity index is 683. The number of methoxy groups -OCH3 is 1. The van der Waals surface area contributed by atoms with Crippen LogP contribution >= 0.6 is 0 Å². The van der Waals surface area contributed by atoms with Crippen molar-refractivity contribution in [3.8, 4) is 5.75 Å². The lowest BCUT2D eigenvalue weighted by Gasteiger charge is -2.06. The van der Waals surface area contributed by atoms with Gasteiger partial charge >= 0.3 is 5.97 Å². The summed E-state index contributed by atoms with van der Waals surface area (Å²) in [6.07, 6.45) is 1.30. The first-order valence-corrected chi connectivity index (χ1v) is 5.95. The molecule has 0 aliphatic carbocycles. The third-order valence-electron chi connectivity index (χ3n) is 2.72. The number of amides is 1. The van der Waals surface area contributed by atoms with Crippen molar-refractivity contribution in [2.45, 2.75) is 0 Å². The summed E-state index contributed by atoms with van der Waals surface area (Å²) in [6, 6.07) is 7.09. The molecule has 0 radical (unpaired) electrons. The molecule has 1 aromatic heterocycles. The Kier molecular flexibility index (Phi) is 4.03. The molecule has 1 amide bonds. The Labute approximate surface area is 120 Å². The largest absolute Gasteiger partial charge is 0.506 e. The van der Waals surface area contributed by atoms with Gasteiger partial charge in [-0.05, 0) is 30.3 Å². The monoisotopic (exact) mass is 287 g/mol. The average molecular weight is 287 g/mol. The van der Waals surface area contributed by atoms with Crippen molar-refractivity contribution in [1.82, 2.24) is 4.98 Å². The number of anilines is 2. The van der Waals surface area contributed by atoms with Gasteiger partial charge in [-0.1, -0.05) is 0 Å². The molecule has 0 unspecified atom stereocenters. The fraction of sp³-hybridized carbons (Fsp3) is 0.0714. The molecule has 0 atom stereocenters. The second-order valence-electron chi connectivity index (χ2n) is 4.15. The molecule has 1 aromatic carbocycles. The van der Waals surface area contributed by atoms with Gasteiger partial charge in [0.15, 0.2) is 0 Å². The molecule has 0 aliphatic rings. The number of nitrogens with one attached hydrogen (secondary N) is 1. The van der Waals surface area contributed by atoms with E-state index in [2.05, 4.69) is 15.0 Å². The van der Waals surface area contributed by atoms with Gasteiger partial charge in [0.25, 0.3) is 5.91 Å². The number of hydrogen-bond donors (Lipinski definition) is 3. The van der Waals surface area contributed by atoms with Gasteiger partial charge in [-0.15, -0.1) is 0 Å². The quantitative estimate of drug-likeness (QED) is 0.446. The number of phenolic OH excluding ortho intramolecular Hbond substituents is 1. The van der Waals surface area contributed by atoms with Gasteiger partial charge in [-0.2, -0.15) is 0 Å². The third kappa shape index (κ3) is 3.27. The van der Waals surface area contributed by atoms with Gasteiger partial charge in [0, 0.05) is 11.8 Å². The van der Waals surface area contributed by atoms with E-state index < -0.39 is 11.9 Å². The van der Waals surface area contributed by atoms with Crippen LogP contribution in [0.1, 0.15) is 20.7 Å². The zero-order valence-electron chi connectivity index (χ0n) is 11.2. The van der Waals surface area contributed by atoms with Crippen LogP contribution in [0.25, 0.3) is 0 Å². The molecule has 4 N–H and O–H groups in total. The number of pyridine rings is 1. The van der Waals surface area contributed by atoms with E-state index in [0.717, 1.165) is 0 Å². The minimum absolute atomic E-state index is 0.0906. The van der Waals surface area contributed by atoms with Crippen LogP contribution in [0, 0.1) is 0 Å². The van der Waals surface area contributed by atoms with Gasteiger partial charge in [0.05, 0.1) is 18.4 Å². The second kappa shape index (κ2) is 5.91. The highest BCUT2D eigenvalue weighted by molar-refractivity contribution is 6.04. The zero-order valence-corrected chi connectivity index (χ0v) is 11.2. The van der Waals surface area contributed by atoms with Crippen LogP contribution in [-0.2, 0) is 4.74 Å². The van der Waals surface area contributed by atoms with Gasteiger partial charge in [0.1, 0.15) is 11.6 Å². The number of phenols is 1. The molecule has 2 aromatic rings. The van der Waals surface area contributed by atoms with E-state index in [1.165, 1.54) is 43.6 Å². The van der Waals surface area contributed by atoms with E-state index >= 15 is 0 Å². The van der Waals surface area contributed by atoms with Crippen molar-refractivity contribution in [2.75, 3.05) is 18.2 Å². The lowest BCUT2D eigenvalue weighted by atomic mass is 10.2. The maximum atomic E-state index is 12.0. The van der Waals surface area contributed by atoms with Crippen molar-refractivity contribution in [1.29, 1.82) is 0 Å². The highest BCUT2D eigenvalue weighted by Crippen LogP contribution is 2.20. The van der Waals surface area contributed by atoms with Gasteiger partial charge < -0.3 is 20.9 Å². The predicted octanol–water partition coefficient (Wildman–Crippen LogP) is 1.41. The van der Waals surface area contributed by atoms with Crippen molar-refractivity contribution >= 4 is 23.4 Å². The molecule has 0 fully saturated rings. The number of carbonyl (C=O) groups is 2. The third-order valence-corrected chi connectivity index (χ3v) is 2.72. The first kappa shape index (κ1) is 14.3. The zero-order chi connectivity index (χ0) is 15.4. The van der Waals surface area contributed by atoms with E-state index in [0.29, 0.717) is 0 Å². The van der Waals surface area contributed by atoms with Crippen LogP contribution in [0.5, 0.6) is 5.75 Å². The van der Waals surface area contributed by atoms with Crippen LogP contribution in [0.15, 0.2) is 36.5 Å². The number of esters is 1. The van der Waals surface area contributed by atoms with E-state index in [9.17, 15) is 14.7 Å². The average Bonchev–Trinajstić information content (AvgIpc) is 2.50. The van der Waals surface area contributed by atoms with E-state index in [4.69, 9.17) is 5.73 Å². The first-order chi connectivity index (χ1) is 10.0. The summed E-state index contributed by atoms with van der Waals surface area (Å²) in [7, 11) is 1.27. The minimum atomic E-state index is -0.508. The summed E-state index contributed by atoms with van der Waals surface area (Å²) < 4.78 is 4.55.